The maximum absolute atomic E-state index is 13.0. The van der Waals surface area contributed by atoms with Crippen LogP contribution >= 0.6 is 15.9 Å². The van der Waals surface area contributed by atoms with Gasteiger partial charge in [0.25, 0.3) is 5.91 Å². The summed E-state index contributed by atoms with van der Waals surface area (Å²) in [4.78, 5) is 24.3. The number of H-pyrrole nitrogens is 2. The summed E-state index contributed by atoms with van der Waals surface area (Å²) in [5, 5.41) is 0.572. The van der Waals surface area contributed by atoms with Gasteiger partial charge in [-0.2, -0.15) is 4.31 Å². The summed E-state index contributed by atoms with van der Waals surface area (Å²) in [6.45, 7) is 1.19. The fraction of sp³-hybridized carbons (Fsp3) is 0.250. The first-order chi connectivity index (χ1) is 12.5. The van der Waals surface area contributed by atoms with Crippen molar-refractivity contribution < 1.29 is 13.2 Å². The molecule has 1 aliphatic rings. The first kappa shape index (κ1) is 17.3. The minimum absolute atomic E-state index is 0.135. The number of nitrogens with zero attached hydrogens (tertiary/aromatic N) is 3. The van der Waals surface area contributed by atoms with Gasteiger partial charge in [-0.05, 0) is 34.1 Å². The number of piperazine rings is 1. The molecular formula is C16H16BrN5O3S. The van der Waals surface area contributed by atoms with Crippen LogP contribution in [0.3, 0.4) is 0 Å². The third kappa shape index (κ3) is 2.93. The van der Waals surface area contributed by atoms with E-state index in [9.17, 15) is 13.2 Å². The van der Waals surface area contributed by atoms with Crippen molar-refractivity contribution in [2.24, 2.45) is 0 Å². The van der Waals surface area contributed by atoms with E-state index in [1.807, 2.05) is 0 Å². The van der Waals surface area contributed by atoms with Crippen LogP contribution in [0.15, 0.2) is 46.2 Å². The van der Waals surface area contributed by atoms with Gasteiger partial charge in [-0.1, -0.05) is 0 Å². The van der Waals surface area contributed by atoms with Crippen molar-refractivity contribution in [3.8, 4) is 0 Å². The number of hydrogen-bond donors (Lipinski definition) is 2. The Morgan fingerprint density at radius 2 is 1.92 bits per heavy atom. The molecular weight excluding hydrogens is 422 g/mol. The van der Waals surface area contributed by atoms with Gasteiger partial charge >= 0.3 is 0 Å². The number of halogens is 1. The molecule has 0 aliphatic carbocycles. The number of sulfonamides is 1. The molecule has 2 N–H and O–H groups in total. The van der Waals surface area contributed by atoms with E-state index in [-0.39, 0.29) is 23.9 Å². The molecule has 0 saturated carbocycles. The molecule has 3 aromatic rings. The summed E-state index contributed by atoms with van der Waals surface area (Å²) in [6, 6.07) is 5.15. The lowest BCUT2D eigenvalue weighted by atomic mass is 10.3. The third-order valence-corrected chi connectivity index (χ3v) is 6.83. The van der Waals surface area contributed by atoms with E-state index in [0.717, 1.165) is 4.47 Å². The van der Waals surface area contributed by atoms with E-state index in [2.05, 4.69) is 30.9 Å². The molecule has 136 valence electrons. The van der Waals surface area contributed by atoms with Crippen LogP contribution in [0.4, 0.5) is 0 Å². The predicted octanol–water partition coefficient (Wildman–Crippen LogP) is 1.80. The molecule has 0 spiro atoms. The number of hydrogen-bond acceptors (Lipinski definition) is 4. The number of aromatic nitrogens is 3. The van der Waals surface area contributed by atoms with Crippen LogP contribution in [0.1, 0.15) is 10.5 Å². The monoisotopic (exact) mass is 437 g/mol. The van der Waals surface area contributed by atoms with Gasteiger partial charge in [-0.25, -0.2) is 13.4 Å². The number of nitrogens with one attached hydrogen (secondary N) is 2. The Morgan fingerprint density at radius 1 is 1.15 bits per heavy atom. The number of carbonyl (C=O) groups is 1. The van der Waals surface area contributed by atoms with Crippen LogP contribution in [-0.4, -0.2) is 64.7 Å². The highest BCUT2D eigenvalue weighted by molar-refractivity contribution is 9.10. The van der Waals surface area contributed by atoms with Crippen molar-refractivity contribution in [3.05, 3.63) is 47.0 Å². The molecule has 1 aliphatic heterocycles. The fourth-order valence-corrected chi connectivity index (χ4v) is 4.99. The molecule has 0 radical (unpaired) electrons. The second-order valence-electron chi connectivity index (χ2n) is 5.98. The van der Waals surface area contributed by atoms with E-state index in [1.54, 1.807) is 35.5 Å². The molecule has 0 unspecified atom stereocenters. The minimum Gasteiger partial charge on any atom is -0.356 e. The molecule has 8 nitrogen and oxygen atoms in total. The number of fused-ring (bicyclic) bond motifs is 1. The highest BCUT2D eigenvalue weighted by Crippen LogP contribution is 2.25. The van der Waals surface area contributed by atoms with Crippen molar-refractivity contribution in [3.63, 3.8) is 0 Å². The lowest BCUT2D eigenvalue weighted by Crippen LogP contribution is -2.50. The number of pyridine rings is 1. The number of carbonyl (C=O) groups excluding carboxylic acids is 1. The van der Waals surface area contributed by atoms with Crippen LogP contribution in [0.5, 0.6) is 0 Å². The van der Waals surface area contributed by atoms with Gasteiger partial charge in [0.1, 0.15) is 16.2 Å². The highest BCUT2D eigenvalue weighted by atomic mass is 79.9. The Balaban J connectivity index is 1.51. The van der Waals surface area contributed by atoms with Gasteiger partial charge in [-0.3, -0.25) is 4.79 Å². The van der Waals surface area contributed by atoms with Crippen LogP contribution in [0.25, 0.3) is 11.0 Å². The molecule has 0 atom stereocenters. The highest BCUT2D eigenvalue weighted by Gasteiger charge is 2.32. The lowest BCUT2D eigenvalue weighted by molar-refractivity contribution is 0.0692. The Labute approximate surface area is 158 Å². The first-order valence-corrected chi connectivity index (χ1v) is 10.3. The van der Waals surface area contributed by atoms with E-state index in [0.29, 0.717) is 29.8 Å². The van der Waals surface area contributed by atoms with Gasteiger partial charge in [0.2, 0.25) is 10.0 Å². The number of amides is 1. The van der Waals surface area contributed by atoms with Gasteiger partial charge in [0, 0.05) is 54.6 Å². The van der Waals surface area contributed by atoms with E-state index in [1.165, 1.54) is 10.5 Å². The van der Waals surface area contributed by atoms with E-state index < -0.39 is 10.0 Å². The molecule has 3 aromatic heterocycles. The fourth-order valence-electron chi connectivity index (χ4n) is 3.08. The molecule has 1 fully saturated rings. The zero-order valence-corrected chi connectivity index (χ0v) is 16.0. The van der Waals surface area contributed by atoms with E-state index in [4.69, 9.17) is 0 Å². The quantitative estimate of drug-likeness (QED) is 0.651. The van der Waals surface area contributed by atoms with Crippen LogP contribution in [0.2, 0.25) is 0 Å². The van der Waals surface area contributed by atoms with Crippen molar-refractivity contribution in [1.29, 1.82) is 0 Å². The molecule has 1 amide bonds. The second kappa shape index (κ2) is 6.53. The standard InChI is InChI=1S/C16H16BrN5O3S/c17-11-8-13(19-9-11)16(23)21-4-6-22(7-5-21)26(24,25)14-10-20-15-12(14)2-1-3-18-15/h1-3,8-10,19H,4-7H2,(H,18,20). The van der Waals surface area contributed by atoms with Crippen molar-refractivity contribution in [2.75, 3.05) is 26.2 Å². The van der Waals surface area contributed by atoms with Crippen molar-refractivity contribution >= 4 is 42.9 Å². The largest absolute Gasteiger partial charge is 0.356 e. The molecule has 4 rings (SSSR count). The Bertz CT molecular complexity index is 1070. The Hall–Kier alpha value is -2.17. The summed E-state index contributed by atoms with van der Waals surface area (Å²) in [5.41, 5.74) is 1.02. The lowest BCUT2D eigenvalue weighted by Gasteiger charge is -2.33. The van der Waals surface area contributed by atoms with E-state index >= 15 is 0 Å². The zero-order chi connectivity index (χ0) is 18.3. The minimum atomic E-state index is -3.65. The van der Waals surface area contributed by atoms with Gasteiger partial charge in [0.15, 0.2) is 0 Å². The van der Waals surface area contributed by atoms with Crippen LogP contribution < -0.4 is 0 Å². The SMILES string of the molecule is O=C(c1cc(Br)c[nH]1)N1CCN(S(=O)(=O)c2c[nH]c3ncccc23)CC1. The van der Waals surface area contributed by atoms with Crippen molar-refractivity contribution in [1.82, 2.24) is 24.2 Å². The summed E-state index contributed by atoms with van der Waals surface area (Å²) < 4.78 is 28.2. The smallest absolute Gasteiger partial charge is 0.270 e. The first-order valence-electron chi connectivity index (χ1n) is 8.02. The van der Waals surface area contributed by atoms with Gasteiger partial charge in [0.05, 0.1) is 0 Å². The molecule has 4 heterocycles. The predicted molar refractivity (Wildman–Crippen MR) is 99.2 cm³/mol. The summed E-state index contributed by atoms with van der Waals surface area (Å²) >= 11 is 3.30. The second-order valence-corrected chi connectivity index (χ2v) is 8.80. The van der Waals surface area contributed by atoms with Crippen molar-refractivity contribution in [2.45, 2.75) is 4.90 Å². The summed E-state index contributed by atoms with van der Waals surface area (Å²) in [7, 11) is -3.65. The molecule has 10 heteroatoms. The maximum atomic E-state index is 13.0. The van der Waals surface area contributed by atoms with Gasteiger partial charge in [-0.15, -0.1) is 0 Å². The molecule has 0 bridgehead atoms. The molecule has 26 heavy (non-hydrogen) atoms. The normalized spacial score (nSPS) is 16.3. The van der Waals surface area contributed by atoms with Crippen LogP contribution in [0, 0.1) is 0 Å². The zero-order valence-electron chi connectivity index (χ0n) is 13.6. The van der Waals surface area contributed by atoms with Crippen LogP contribution in [-0.2, 0) is 10.0 Å². The topological polar surface area (TPSA) is 102 Å². The van der Waals surface area contributed by atoms with Gasteiger partial charge < -0.3 is 14.9 Å². The maximum Gasteiger partial charge on any atom is 0.270 e. The number of rotatable bonds is 3. The Morgan fingerprint density at radius 3 is 2.62 bits per heavy atom. The average Bonchev–Trinajstić information content (AvgIpc) is 3.28. The Kier molecular flexibility index (Phi) is 4.33. The summed E-state index contributed by atoms with van der Waals surface area (Å²) in [6.07, 6.45) is 4.78. The molecule has 0 aromatic carbocycles. The summed E-state index contributed by atoms with van der Waals surface area (Å²) in [5.74, 6) is -0.135. The average molecular weight is 438 g/mol. The number of aromatic amines is 2. The third-order valence-electron chi connectivity index (χ3n) is 4.44. The molecule has 1 saturated heterocycles.